The van der Waals surface area contributed by atoms with Crippen LogP contribution in [-0.4, -0.2) is 39.3 Å². The highest BCUT2D eigenvalue weighted by atomic mass is 16.5. The van der Waals surface area contributed by atoms with Gasteiger partial charge in [-0.3, -0.25) is 0 Å². The first-order chi connectivity index (χ1) is 17.1. The van der Waals surface area contributed by atoms with Crippen LogP contribution in [0.4, 0.5) is 5.82 Å². The van der Waals surface area contributed by atoms with E-state index < -0.39 is 5.97 Å². The molecule has 0 bridgehead atoms. The maximum absolute atomic E-state index is 12.4. The smallest absolute Gasteiger partial charge is 0.354 e. The summed E-state index contributed by atoms with van der Waals surface area (Å²) >= 11 is 0. The molecule has 0 radical (unpaired) electrons. The first-order valence-corrected chi connectivity index (χ1v) is 11.8. The van der Waals surface area contributed by atoms with Gasteiger partial charge < -0.3 is 19.3 Å². The number of methoxy groups -OCH3 is 1. The predicted octanol–water partition coefficient (Wildman–Crippen LogP) is 5.68. The zero-order valence-corrected chi connectivity index (χ0v) is 19.9. The summed E-state index contributed by atoms with van der Waals surface area (Å²) in [6.45, 7) is 3.65. The van der Waals surface area contributed by atoms with E-state index in [1.807, 2.05) is 59.2 Å². The Labute approximate surface area is 204 Å². The monoisotopic (exact) mass is 468 g/mol. The van der Waals surface area contributed by atoms with Gasteiger partial charge in [-0.25, -0.2) is 14.8 Å². The molecule has 2 aromatic heterocycles. The second kappa shape index (κ2) is 9.62. The minimum absolute atomic E-state index is 0.146. The molecule has 1 aliphatic carbocycles. The molecule has 178 valence electrons. The highest BCUT2D eigenvalue weighted by molar-refractivity contribution is 5.94. The van der Waals surface area contributed by atoms with E-state index in [0.717, 1.165) is 43.1 Å². The van der Waals surface area contributed by atoms with Crippen LogP contribution in [0.25, 0.3) is 22.6 Å². The largest absolute Gasteiger partial charge is 0.497 e. The van der Waals surface area contributed by atoms with Gasteiger partial charge in [0.05, 0.1) is 7.11 Å². The number of hydrogen-bond acceptors (Lipinski definition) is 5. The van der Waals surface area contributed by atoms with Crippen molar-refractivity contribution in [3.63, 3.8) is 0 Å². The summed E-state index contributed by atoms with van der Waals surface area (Å²) in [5, 5.41) is 10.2. The number of imidazole rings is 1. The lowest BCUT2D eigenvalue weighted by molar-refractivity contribution is 0.0686. The molecule has 35 heavy (non-hydrogen) atoms. The van der Waals surface area contributed by atoms with Crippen molar-refractivity contribution in [2.75, 3.05) is 18.6 Å². The maximum Gasteiger partial charge on any atom is 0.354 e. The molecule has 0 amide bonds. The Bertz CT molecular complexity index is 1310. The van der Waals surface area contributed by atoms with E-state index in [2.05, 4.69) is 28.9 Å². The number of nitrogens with zero attached hydrogens (tertiary/aromatic N) is 4. The van der Waals surface area contributed by atoms with E-state index in [4.69, 9.17) is 9.72 Å². The highest BCUT2D eigenvalue weighted by Crippen LogP contribution is 2.42. The number of carboxylic acid groups (broad SMARTS) is 1. The molecule has 4 aromatic rings. The molecule has 7 nitrogen and oxygen atoms in total. The molecular formula is C28H28N4O3. The fourth-order valence-electron chi connectivity index (χ4n) is 4.34. The van der Waals surface area contributed by atoms with Crippen molar-refractivity contribution in [2.45, 2.75) is 32.4 Å². The van der Waals surface area contributed by atoms with Crippen LogP contribution in [0.5, 0.6) is 5.75 Å². The lowest BCUT2D eigenvalue weighted by Crippen LogP contribution is -2.22. The molecular weight excluding hydrogens is 440 g/mol. The Morgan fingerprint density at radius 3 is 2.34 bits per heavy atom. The van der Waals surface area contributed by atoms with Crippen molar-refractivity contribution in [2.24, 2.45) is 0 Å². The molecule has 7 heteroatoms. The van der Waals surface area contributed by atoms with Gasteiger partial charge in [0.1, 0.15) is 23.1 Å². The van der Waals surface area contributed by atoms with Gasteiger partial charge in [0.2, 0.25) is 0 Å². The fourth-order valence-corrected chi connectivity index (χ4v) is 4.34. The normalized spacial score (nSPS) is 13.0. The SMILES string of the molecule is CCN(Cc1ccccc1)c1ccc(-c2nc(-c3ccc(OC)cc3)n(C3CC3)c2C(=O)O)cn1. The molecule has 1 fully saturated rings. The topological polar surface area (TPSA) is 80.5 Å². The Balaban J connectivity index is 1.52. The molecule has 0 unspecified atom stereocenters. The molecule has 2 aromatic carbocycles. The van der Waals surface area contributed by atoms with Crippen LogP contribution >= 0.6 is 0 Å². The quantitative estimate of drug-likeness (QED) is 0.340. The average Bonchev–Trinajstić information content (AvgIpc) is 3.66. The zero-order valence-electron chi connectivity index (χ0n) is 19.9. The van der Waals surface area contributed by atoms with Gasteiger partial charge in [0.25, 0.3) is 0 Å². The third-order valence-corrected chi connectivity index (χ3v) is 6.32. The number of hydrogen-bond donors (Lipinski definition) is 1. The standard InChI is InChI=1S/C28H28N4O3/c1-3-31(18-19-7-5-4-6-8-19)24-16-11-21(17-29-24)25-26(28(33)34)32(22-12-13-22)27(30-25)20-9-14-23(35-2)15-10-20/h4-11,14-17,22H,3,12-13,18H2,1-2H3,(H,33,34). The summed E-state index contributed by atoms with van der Waals surface area (Å²) in [7, 11) is 1.62. The second-order valence-corrected chi connectivity index (χ2v) is 8.67. The number of benzene rings is 2. The van der Waals surface area contributed by atoms with Crippen molar-refractivity contribution in [3.8, 4) is 28.4 Å². The van der Waals surface area contributed by atoms with E-state index in [0.29, 0.717) is 17.1 Å². The van der Waals surface area contributed by atoms with E-state index >= 15 is 0 Å². The van der Waals surface area contributed by atoms with Crippen LogP contribution in [0, 0.1) is 0 Å². The average molecular weight is 469 g/mol. The molecule has 2 heterocycles. The minimum atomic E-state index is -0.984. The summed E-state index contributed by atoms with van der Waals surface area (Å²) < 4.78 is 7.15. The maximum atomic E-state index is 12.4. The van der Waals surface area contributed by atoms with Gasteiger partial charge >= 0.3 is 5.97 Å². The van der Waals surface area contributed by atoms with Crippen LogP contribution in [0.15, 0.2) is 72.9 Å². The van der Waals surface area contributed by atoms with Crippen molar-refractivity contribution < 1.29 is 14.6 Å². The van der Waals surface area contributed by atoms with Gasteiger partial charge in [0.15, 0.2) is 5.69 Å². The van der Waals surface area contributed by atoms with Gasteiger partial charge in [-0.1, -0.05) is 30.3 Å². The number of carbonyl (C=O) groups is 1. The first kappa shape index (κ1) is 22.7. The summed E-state index contributed by atoms with van der Waals surface area (Å²) in [6, 6.07) is 21.8. The number of aromatic nitrogens is 3. The first-order valence-electron chi connectivity index (χ1n) is 11.8. The lowest BCUT2D eigenvalue weighted by Gasteiger charge is -2.22. The molecule has 0 spiro atoms. The Kier molecular flexibility index (Phi) is 6.23. The van der Waals surface area contributed by atoms with Crippen molar-refractivity contribution in [1.29, 1.82) is 0 Å². The molecule has 0 aliphatic heterocycles. The number of pyridine rings is 1. The van der Waals surface area contributed by atoms with Gasteiger partial charge in [-0.15, -0.1) is 0 Å². The minimum Gasteiger partial charge on any atom is -0.497 e. The van der Waals surface area contributed by atoms with E-state index in [1.165, 1.54) is 5.56 Å². The van der Waals surface area contributed by atoms with E-state index in [1.54, 1.807) is 13.3 Å². The second-order valence-electron chi connectivity index (χ2n) is 8.67. The Morgan fingerprint density at radius 1 is 1.06 bits per heavy atom. The number of rotatable bonds is 9. The zero-order chi connectivity index (χ0) is 24.4. The Morgan fingerprint density at radius 2 is 1.77 bits per heavy atom. The van der Waals surface area contributed by atoms with Gasteiger partial charge in [-0.05, 0) is 61.7 Å². The van der Waals surface area contributed by atoms with Crippen LogP contribution < -0.4 is 9.64 Å². The lowest BCUT2D eigenvalue weighted by atomic mass is 10.1. The van der Waals surface area contributed by atoms with Gasteiger partial charge in [0, 0.05) is 36.5 Å². The third kappa shape index (κ3) is 4.62. The van der Waals surface area contributed by atoms with Crippen LogP contribution in [-0.2, 0) is 6.54 Å². The fraction of sp³-hybridized carbons (Fsp3) is 0.250. The number of aromatic carboxylic acids is 1. The van der Waals surface area contributed by atoms with Crippen molar-refractivity contribution >= 4 is 11.8 Å². The van der Waals surface area contributed by atoms with Crippen LogP contribution in [0.3, 0.4) is 0 Å². The number of carboxylic acids is 1. The molecule has 0 atom stereocenters. The summed E-state index contributed by atoms with van der Waals surface area (Å²) in [5.74, 6) is 1.26. The molecule has 1 saturated carbocycles. The molecule has 5 rings (SSSR count). The number of ether oxygens (including phenoxy) is 1. The molecule has 1 N–H and O–H groups in total. The predicted molar refractivity (Wildman–Crippen MR) is 136 cm³/mol. The summed E-state index contributed by atoms with van der Waals surface area (Å²) in [5.41, 5.74) is 3.41. The van der Waals surface area contributed by atoms with E-state index in [9.17, 15) is 9.90 Å². The summed E-state index contributed by atoms with van der Waals surface area (Å²) in [6.07, 6.45) is 3.62. The number of anilines is 1. The molecule has 1 aliphatic rings. The van der Waals surface area contributed by atoms with Crippen molar-refractivity contribution in [3.05, 3.63) is 84.2 Å². The third-order valence-electron chi connectivity index (χ3n) is 6.32. The van der Waals surface area contributed by atoms with Crippen LogP contribution in [0.1, 0.15) is 41.9 Å². The van der Waals surface area contributed by atoms with Crippen molar-refractivity contribution in [1.82, 2.24) is 14.5 Å². The van der Waals surface area contributed by atoms with Gasteiger partial charge in [-0.2, -0.15) is 0 Å². The Hall–Kier alpha value is -4.13. The summed E-state index contributed by atoms with van der Waals surface area (Å²) in [4.78, 5) is 24.1. The highest BCUT2D eigenvalue weighted by Gasteiger charge is 2.34. The molecule has 0 saturated heterocycles. The van der Waals surface area contributed by atoms with E-state index in [-0.39, 0.29) is 11.7 Å². The van der Waals surface area contributed by atoms with Crippen LogP contribution in [0.2, 0.25) is 0 Å².